The fraction of sp³-hybridized carbons (Fsp3) is 0. The summed E-state index contributed by atoms with van der Waals surface area (Å²) in [6.45, 7) is 0. The summed E-state index contributed by atoms with van der Waals surface area (Å²) >= 11 is 0. The highest BCUT2D eigenvalue weighted by molar-refractivity contribution is 6.21. The number of nitrogens with zero attached hydrogens (tertiary/aromatic N) is 2. The molecule has 9 aromatic rings. The number of fused-ring (bicyclic) bond motifs is 4. The maximum Gasteiger partial charge on any atom is 0.145 e. The molecule has 9 rings (SSSR count). The first kappa shape index (κ1) is 14.7. The van der Waals surface area contributed by atoms with E-state index in [0.29, 0.717) is 22.6 Å². The van der Waals surface area contributed by atoms with Gasteiger partial charge in [0, 0.05) is 11.3 Å². The van der Waals surface area contributed by atoms with Gasteiger partial charge in [0.25, 0.3) is 0 Å². The lowest BCUT2D eigenvalue weighted by Gasteiger charge is -2.19. The molecule has 0 atom stereocenters. The Hall–Kier alpha value is -5.99. The summed E-state index contributed by atoms with van der Waals surface area (Å²) in [6, 6.07) is 13.8. The topological polar surface area (TPSA) is 17.8 Å². The van der Waals surface area contributed by atoms with Gasteiger partial charge in [0.05, 0.1) is 31.6 Å². The highest BCUT2D eigenvalue weighted by Crippen LogP contribution is 2.44. The van der Waals surface area contributed by atoms with E-state index in [-0.39, 0.29) is 32.7 Å². The molecule has 0 amide bonds. The van der Waals surface area contributed by atoms with Crippen molar-refractivity contribution in [3.05, 3.63) is 169 Å². The molecule has 0 aliphatic rings. The van der Waals surface area contributed by atoms with Crippen LogP contribution in [0.25, 0.3) is 82.7 Å². The summed E-state index contributed by atoms with van der Waals surface area (Å²) in [4.78, 5) is 4.93. The standard InChI is InChI=1S/C43H28N2/c1-2-14-30(15-3-1)43-44-39-23-10-11-24-40(39)45(43)34-18-12-17-32(28-34)41-35-19-6-8-21-37(35)42(38-22-9-7-20-36(38)41)33-26-25-29-13-4-5-16-31(29)27-33/h1-28H/i4D,5D,6D,7D,8D,9D,13D,16D,19D,20D,21D,22D,25D,26D,27D. The minimum absolute atomic E-state index is 0.0159. The van der Waals surface area contributed by atoms with Crippen LogP contribution in [0, 0.1) is 0 Å². The average molecular weight is 588 g/mol. The third-order valence-corrected chi connectivity index (χ3v) is 7.86. The van der Waals surface area contributed by atoms with Crippen LogP contribution in [-0.2, 0) is 0 Å². The monoisotopic (exact) mass is 587 g/mol. The number of hydrogen-bond donors (Lipinski definition) is 0. The van der Waals surface area contributed by atoms with Gasteiger partial charge in [-0.25, -0.2) is 4.98 Å². The second-order valence-electron chi connectivity index (χ2n) is 10.4. The van der Waals surface area contributed by atoms with Crippen LogP contribution in [0.4, 0.5) is 0 Å². The lowest BCUT2D eigenvalue weighted by molar-refractivity contribution is 1.10. The van der Waals surface area contributed by atoms with Crippen LogP contribution in [0.15, 0.2) is 169 Å². The van der Waals surface area contributed by atoms with Crippen LogP contribution in [0.5, 0.6) is 0 Å². The molecule has 0 saturated heterocycles. The van der Waals surface area contributed by atoms with Gasteiger partial charge in [-0.3, -0.25) is 4.57 Å². The third kappa shape index (κ3) is 4.15. The molecule has 2 nitrogen and oxygen atoms in total. The Morgan fingerprint density at radius 1 is 0.489 bits per heavy atom. The molecule has 0 fully saturated rings. The summed E-state index contributed by atoms with van der Waals surface area (Å²) in [6.07, 6.45) is 0. The molecule has 0 saturated carbocycles. The second kappa shape index (κ2) is 10.3. The van der Waals surface area contributed by atoms with Crippen molar-refractivity contribution in [3.8, 4) is 39.3 Å². The Morgan fingerprint density at radius 3 is 1.82 bits per heavy atom. The molecule has 0 spiro atoms. The predicted molar refractivity (Wildman–Crippen MR) is 190 cm³/mol. The van der Waals surface area contributed by atoms with Gasteiger partial charge < -0.3 is 0 Å². The Kier molecular flexibility index (Phi) is 3.36. The third-order valence-electron chi connectivity index (χ3n) is 7.86. The van der Waals surface area contributed by atoms with E-state index in [1.54, 1.807) is 18.2 Å². The van der Waals surface area contributed by atoms with E-state index in [0.717, 1.165) is 11.1 Å². The van der Waals surface area contributed by atoms with Crippen molar-refractivity contribution in [3.63, 3.8) is 0 Å². The fourth-order valence-electron chi connectivity index (χ4n) is 5.94. The molecular weight excluding hydrogens is 544 g/mol. The van der Waals surface area contributed by atoms with Gasteiger partial charge in [-0.15, -0.1) is 0 Å². The first-order valence-electron chi connectivity index (χ1n) is 21.7. The van der Waals surface area contributed by atoms with Gasteiger partial charge >= 0.3 is 0 Å². The van der Waals surface area contributed by atoms with Gasteiger partial charge in [-0.2, -0.15) is 0 Å². The van der Waals surface area contributed by atoms with Crippen molar-refractivity contribution in [1.29, 1.82) is 0 Å². The van der Waals surface area contributed by atoms with E-state index in [1.165, 1.54) is 0 Å². The van der Waals surface area contributed by atoms with E-state index in [1.807, 2.05) is 65.2 Å². The van der Waals surface area contributed by atoms with Gasteiger partial charge in [0.15, 0.2) is 0 Å². The smallest absolute Gasteiger partial charge is 0.145 e. The zero-order chi connectivity index (χ0) is 42.8. The quantitative estimate of drug-likeness (QED) is 0.187. The van der Waals surface area contributed by atoms with Gasteiger partial charge in [0.1, 0.15) is 5.82 Å². The van der Waals surface area contributed by atoms with E-state index in [4.69, 9.17) is 17.3 Å². The summed E-state index contributed by atoms with van der Waals surface area (Å²) in [5, 5.41) is -1.84. The summed E-state index contributed by atoms with van der Waals surface area (Å²) in [7, 11) is 0. The fourth-order valence-corrected chi connectivity index (χ4v) is 5.94. The number of benzene rings is 8. The Bertz CT molecular complexity index is 3300. The molecule has 0 N–H and O–H groups in total. The zero-order valence-electron chi connectivity index (χ0n) is 38.4. The van der Waals surface area contributed by atoms with E-state index in [2.05, 4.69) is 0 Å². The van der Waals surface area contributed by atoms with Crippen LogP contribution in [0.2, 0.25) is 0 Å². The molecule has 0 unspecified atom stereocenters. The summed E-state index contributed by atoms with van der Waals surface area (Å²) in [5.41, 5.74) is 2.24. The highest BCUT2D eigenvalue weighted by atomic mass is 15.1. The molecule has 1 aromatic heterocycles. The molecule has 0 bridgehead atoms. The van der Waals surface area contributed by atoms with E-state index >= 15 is 0 Å². The van der Waals surface area contributed by atoms with Crippen LogP contribution in [-0.4, -0.2) is 9.55 Å². The molecule has 210 valence electrons. The largest absolute Gasteiger partial charge is 0.292 e. The zero-order valence-corrected chi connectivity index (χ0v) is 23.4. The number of aromatic nitrogens is 2. The molecule has 2 heteroatoms. The van der Waals surface area contributed by atoms with Gasteiger partial charge in [0.2, 0.25) is 0 Å². The van der Waals surface area contributed by atoms with Gasteiger partial charge in [-0.1, -0.05) is 139 Å². The minimum Gasteiger partial charge on any atom is -0.292 e. The molecule has 0 aliphatic heterocycles. The number of para-hydroxylation sites is 2. The van der Waals surface area contributed by atoms with E-state index in [9.17, 15) is 8.22 Å². The predicted octanol–water partition coefficient (Wildman–Crippen LogP) is 11.5. The Labute approximate surface area is 282 Å². The van der Waals surface area contributed by atoms with Crippen molar-refractivity contribution >= 4 is 43.4 Å². The van der Waals surface area contributed by atoms with Crippen LogP contribution in [0.1, 0.15) is 20.6 Å². The maximum absolute atomic E-state index is 9.45. The Morgan fingerprint density at radius 2 is 1.09 bits per heavy atom. The first-order valence-corrected chi connectivity index (χ1v) is 14.2. The average Bonchev–Trinajstić information content (AvgIpc) is 3.65. The maximum atomic E-state index is 9.45. The lowest BCUT2D eigenvalue weighted by Crippen LogP contribution is -1.98. The van der Waals surface area contributed by atoms with Crippen molar-refractivity contribution in [2.24, 2.45) is 0 Å². The SMILES string of the molecule is [2H]c1c([2H])c([2H])c2c([2H])c(-c3c4c([2H])c([2H])c([2H])c([2H])c4c(-c4cccc(-n5c(-c6ccccc6)nc6ccccc65)c4)c4c([2H])c([2H])c([2H])c([2H])c34)c([2H])c([2H])c2c1[2H]. The Balaban J connectivity index is 1.51. The molecule has 0 radical (unpaired) electrons. The molecular formula is C43H28N2. The minimum atomic E-state index is -0.741. The molecule has 45 heavy (non-hydrogen) atoms. The van der Waals surface area contributed by atoms with Crippen molar-refractivity contribution in [2.75, 3.05) is 0 Å². The van der Waals surface area contributed by atoms with Crippen molar-refractivity contribution in [1.82, 2.24) is 9.55 Å². The van der Waals surface area contributed by atoms with Crippen molar-refractivity contribution < 1.29 is 20.6 Å². The van der Waals surface area contributed by atoms with E-state index < -0.39 is 107 Å². The number of hydrogen-bond acceptors (Lipinski definition) is 1. The normalized spacial score (nSPS) is 16.2. The van der Waals surface area contributed by atoms with Crippen LogP contribution in [0.3, 0.4) is 0 Å². The number of rotatable bonds is 4. The van der Waals surface area contributed by atoms with Gasteiger partial charge in [-0.05, 0) is 84.9 Å². The summed E-state index contributed by atoms with van der Waals surface area (Å²) < 4.78 is 136. The highest BCUT2D eigenvalue weighted by Gasteiger charge is 2.19. The first-order chi connectivity index (χ1) is 28.6. The second-order valence-corrected chi connectivity index (χ2v) is 10.4. The number of imidazole rings is 1. The molecule has 1 heterocycles. The molecule has 8 aromatic carbocycles. The molecule has 0 aliphatic carbocycles. The lowest BCUT2D eigenvalue weighted by atomic mass is 9.85. The summed E-state index contributed by atoms with van der Waals surface area (Å²) in [5.74, 6) is 0.592. The van der Waals surface area contributed by atoms with Crippen molar-refractivity contribution in [2.45, 2.75) is 0 Å². The van der Waals surface area contributed by atoms with Crippen LogP contribution < -0.4 is 0 Å². The van der Waals surface area contributed by atoms with Crippen LogP contribution >= 0.6 is 0 Å².